The van der Waals surface area contributed by atoms with Crippen molar-refractivity contribution in [3.63, 3.8) is 0 Å². The molecule has 1 rings (SSSR count). The first-order valence-electron chi connectivity index (χ1n) is 5.69. The lowest BCUT2D eigenvalue weighted by molar-refractivity contribution is 0.0110. The Balaban J connectivity index is 2.85. The molecule has 5 nitrogen and oxygen atoms in total. The molecule has 0 spiro atoms. The molecule has 0 bridgehead atoms. The number of halogens is 1. The molecule has 1 heterocycles. The van der Waals surface area contributed by atoms with Gasteiger partial charge in [0, 0.05) is 6.54 Å². The van der Waals surface area contributed by atoms with Gasteiger partial charge in [-0.05, 0) is 20.5 Å². The summed E-state index contributed by atoms with van der Waals surface area (Å²) in [6.07, 6.45) is 0.161. The second kappa shape index (κ2) is 6.35. The van der Waals surface area contributed by atoms with Gasteiger partial charge in [-0.3, -0.25) is 4.68 Å². The van der Waals surface area contributed by atoms with Crippen molar-refractivity contribution in [1.29, 1.82) is 0 Å². The topological polar surface area (TPSA) is 61.5 Å². The number of aromatic nitrogens is 2. The smallest absolute Gasteiger partial charge is 0.123 e. The Morgan fingerprint density at radius 1 is 1.47 bits per heavy atom. The molecular weight excluding hydrogens is 242 g/mol. The number of hydrogen-bond acceptors (Lipinski definition) is 4. The molecule has 17 heavy (non-hydrogen) atoms. The second-order valence-electron chi connectivity index (χ2n) is 4.32. The highest BCUT2D eigenvalue weighted by Crippen LogP contribution is 2.26. The van der Waals surface area contributed by atoms with Crippen LogP contribution in [0.1, 0.15) is 25.1 Å². The third-order valence-electron chi connectivity index (χ3n) is 2.66. The van der Waals surface area contributed by atoms with E-state index in [-0.39, 0.29) is 0 Å². The van der Waals surface area contributed by atoms with Crippen molar-refractivity contribution in [1.82, 2.24) is 14.7 Å². The van der Waals surface area contributed by atoms with Gasteiger partial charge in [0.25, 0.3) is 0 Å². The van der Waals surface area contributed by atoms with Gasteiger partial charge in [0.15, 0.2) is 0 Å². The van der Waals surface area contributed by atoms with Gasteiger partial charge in [0.05, 0.1) is 29.6 Å². The van der Waals surface area contributed by atoms with Gasteiger partial charge < -0.3 is 15.1 Å². The number of nitrogens with zero attached hydrogens (tertiary/aromatic N) is 3. The van der Waals surface area contributed by atoms with Gasteiger partial charge in [0.2, 0.25) is 0 Å². The largest absolute Gasteiger partial charge is 0.390 e. The standard InChI is InChI=1S/C11H20ClN3O2/c1-4-9(16)11(17)10-8(12)7-13-15(10)6-5-14(2)3/h7,9,11,16-17H,4-6H2,1-3H3. The predicted octanol–water partition coefficient (Wildman–Crippen LogP) is 0.902. The molecule has 2 unspecified atom stereocenters. The molecule has 2 N–H and O–H groups in total. The minimum absolute atomic E-state index is 0.392. The zero-order chi connectivity index (χ0) is 13.0. The minimum Gasteiger partial charge on any atom is -0.390 e. The summed E-state index contributed by atoms with van der Waals surface area (Å²) in [5.74, 6) is 0. The fourth-order valence-electron chi connectivity index (χ4n) is 1.54. The third kappa shape index (κ3) is 3.67. The molecule has 1 aromatic heterocycles. The number of hydrogen-bond donors (Lipinski definition) is 2. The van der Waals surface area contributed by atoms with Crippen LogP contribution in [0.4, 0.5) is 0 Å². The molecule has 0 saturated carbocycles. The lowest BCUT2D eigenvalue weighted by atomic mass is 10.1. The van der Waals surface area contributed by atoms with E-state index in [1.54, 1.807) is 4.68 Å². The zero-order valence-corrected chi connectivity index (χ0v) is 11.2. The summed E-state index contributed by atoms with van der Waals surface area (Å²) in [7, 11) is 3.92. The summed E-state index contributed by atoms with van der Waals surface area (Å²) >= 11 is 5.99. The first kappa shape index (κ1) is 14.4. The molecule has 0 amide bonds. The molecule has 1 aromatic rings. The van der Waals surface area contributed by atoms with E-state index in [9.17, 15) is 10.2 Å². The summed E-state index contributed by atoms with van der Waals surface area (Å²) in [4.78, 5) is 2.02. The van der Waals surface area contributed by atoms with E-state index in [1.165, 1.54) is 6.20 Å². The van der Waals surface area contributed by atoms with E-state index < -0.39 is 12.2 Å². The molecule has 0 aromatic carbocycles. The van der Waals surface area contributed by atoms with E-state index in [4.69, 9.17) is 11.6 Å². The molecule has 0 aliphatic carbocycles. The highest BCUT2D eigenvalue weighted by atomic mass is 35.5. The van der Waals surface area contributed by atoms with Crippen molar-refractivity contribution in [3.05, 3.63) is 16.9 Å². The molecule has 98 valence electrons. The van der Waals surface area contributed by atoms with Crippen LogP contribution in [0.5, 0.6) is 0 Å². The van der Waals surface area contributed by atoms with Crippen LogP contribution in [0, 0.1) is 0 Å². The van der Waals surface area contributed by atoms with Crippen LogP contribution in [0.3, 0.4) is 0 Å². The van der Waals surface area contributed by atoms with Crippen molar-refractivity contribution in [2.45, 2.75) is 32.1 Å². The fraction of sp³-hybridized carbons (Fsp3) is 0.727. The molecule has 2 atom stereocenters. The molecular formula is C11H20ClN3O2. The van der Waals surface area contributed by atoms with Crippen LogP contribution in [0.2, 0.25) is 5.02 Å². The van der Waals surface area contributed by atoms with Gasteiger partial charge in [-0.2, -0.15) is 5.10 Å². The Kier molecular flexibility index (Phi) is 5.39. The molecule has 0 radical (unpaired) electrons. The Hall–Kier alpha value is -0.620. The van der Waals surface area contributed by atoms with E-state index in [2.05, 4.69) is 5.10 Å². The first-order chi connectivity index (χ1) is 7.97. The number of rotatable bonds is 6. The van der Waals surface area contributed by atoms with Crippen molar-refractivity contribution in [3.8, 4) is 0 Å². The summed E-state index contributed by atoms with van der Waals surface area (Å²) in [5.41, 5.74) is 0.489. The van der Waals surface area contributed by atoms with E-state index in [0.717, 1.165) is 6.54 Å². The molecule has 0 aliphatic heterocycles. The normalized spacial score (nSPS) is 15.2. The second-order valence-corrected chi connectivity index (χ2v) is 4.73. The summed E-state index contributed by atoms with van der Waals surface area (Å²) in [5, 5.41) is 24.2. The zero-order valence-electron chi connectivity index (χ0n) is 10.5. The maximum Gasteiger partial charge on any atom is 0.123 e. The van der Waals surface area contributed by atoms with Crippen molar-refractivity contribution >= 4 is 11.6 Å². The highest BCUT2D eigenvalue weighted by Gasteiger charge is 2.23. The summed E-state index contributed by atoms with van der Waals surface area (Å²) in [6.45, 7) is 3.23. The van der Waals surface area contributed by atoms with Crippen LogP contribution in [-0.2, 0) is 6.54 Å². The SMILES string of the molecule is CCC(O)C(O)c1c(Cl)cnn1CCN(C)C. The number of likely N-dealkylation sites (N-methyl/N-ethyl adjacent to an activating group) is 1. The Morgan fingerprint density at radius 2 is 2.12 bits per heavy atom. The fourth-order valence-corrected chi connectivity index (χ4v) is 1.80. The van der Waals surface area contributed by atoms with Gasteiger partial charge in [-0.25, -0.2) is 0 Å². The van der Waals surface area contributed by atoms with Gasteiger partial charge >= 0.3 is 0 Å². The maximum absolute atomic E-state index is 10.00. The van der Waals surface area contributed by atoms with Crippen molar-refractivity contribution in [2.75, 3.05) is 20.6 Å². The van der Waals surface area contributed by atoms with E-state index >= 15 is 0 Å². The Bertz CT molecular complexity index is 354. The third-order valence-corrected chi connectivity index (χ3v) is 2.95. The highest BCUT2D eigenvalue weighted by molar-refractivity contribution is 6.31. The first-order valence-corrected chi connectivity index (χ1v) is 6.07. The van der Waals surface area contributed by atoms with Crippen LogP contribution >= 0.6 is 11.6 Å². The van der Waals surface area contributed by atoms with E-state index in [0.29, 0.717) is 23.7 Å². The van der Waals surface area contributed by atoms with Crippen LogP contribution in [0.25, 0.3) is 0 Å². The van der Waals surface area contributed by atoms with Crippen molar-refractivity contribution in [2.24, 2.45) is 0 Å². The van der Waals surface area contributed by atoms with Gasteiger partial charge in [-0.1, -0.05) is 18.5 Å². The van der Waals surface area contributed by atoms with Gasteiger partial charge in [-0.15, -0.1) is 0 Å². The lowest BCUT2D eigenvalue weighted by Crippen LogP contribution is -2.24. The maximum atomic E-state index is 10.00. The average molecular weight is 262 g/mol. The van der Waals surface area contributed by atoms with Crippen LogP contribution < -0.4 is 0 Å². The molecule has 6 heteroatoms. The quantitative estimate of drug-likeness (QED) is 0.799. The predicted molar refractivity (Wildman–Crippen MR) is 67.0 cm³/mol. The summed E-state index contributed by atoms with van der Waals surface area (Å²) < 4.78 is 1.64. The number of aliphatic hydroxyl groups excluding tert-OH is 2. The minimum atomic E-state index is -0.989. The lowest BCUT2D eigenvalue weighted by Gasteiger charge is -2.19. The molecule has 0 aliphatic rings. The Morgan fingerprint density at radius 3 is 2.65 bits per heavy atom. The van der Waals surface area contributed by atoms with Crippen LogP contribution in [0.15, 0.2) is 6.20 Å². The van der Waals surface area contributed by atoms with Crippen molar-refractivity contribution < 1.29 is 10.2 Å². The average Bonchev–Trinajstić information content (AvgIpc) is 2.65. The Labute approximate surface area is 107 Å². The van der Waals surface area contributed by atoms with Gasteiger partial charge in [0.1, 0.15) is 6.10 Å². The summed E-state index contributed by atoms with van der Waals surface area (Å²) in [6, 6.07) is 0. The number of aliphatic hydroxyl groups is 2. The van der Waals surface area contributed by atoms with E-state index in [1.807, 2.05) is 25.9 Å². The molecule has 0 saturated heterocycles. The molecule has 0 fully saturated rings. The monoisotopic (exact) mass is 261 g/mol. The van der Waals surface area contributed by atoms with Crippen LogP contribution in [-0.4, -0.2) is 51.6 Å².